The molecule has 94 valence electrons. The highest BCUT2D eigenvalue weighted by Crippen LogP contribution is 2.27. The Morgan fingerprint density at radius 2 is 1.94 bits per heavy atom. The van der Waals surface area contributed by atoms with Crippen LogP contribution < -0.4 is 11.2 Å². The van der Waals surface area contributed by atoms with Gasteiger partial charge in [0.15, 0.2) is 0 Å². The second kappa shape index (κ2) is 4.82. The molecule has 0 saturated carbocycles. The van der Waals surface area contributed by atoms with Crippen molar-refractivity contribution >= 4 is 22.3 Å². The Morgan fingerprint density at radius 3 is 2.78 bits per heavy atom. The first-order valence-corrected chi connectivity index (χ1v) is 6.49. The number of nitrogens with zero attached hydrogens (tertiary/aromatic N) is 2. The molecule has 18 heavy (non-hydrogen) atoms. The second-order valence-electron chi connectivity index (χ2n) is 4.76. The van der Waals surface area contributed by atoms with E-state index in [1.54, 1.807) is 6.20 Å². The number of hydrogen-bond donors (Lipinski definition) is 2. The van der Waals surface area contributed by atoms with Crippen LogP contribution in [0.15, 0.2) is 30.5 Å². The maximum atomic E-state index is 5.95. The first kappa shape index (κ1) is 11.3. The van der Waals surface area contributed by atoms with Gasteiger partial charge in [-0.1, -0.05) is 6.42 Å². The molecule has 4 heteroatoms. The van der Waals surface area contributed by atoms with Gasteiger partial charge < -0.3 is 11.2 Å². The van der Waals surface area contributed by atoms with E-state index in [-0.39, 0.29) is 0 Å². The maximum Gasteiger partial charge on any atom is 0.0952 e. The number of piperidine rings is 1. The van der Waals surface area contributed by atoms with E-state index >= 15 is 0 Å². The molecule has 3 rings (SSSR count). The topological polar surface area (TPSA) is 54.2 Å². The summed E-state index contributed by atoms with van der Waals surface area (Å²) in [6, 6.07) is 7.96. The first-order valence-electron chi connectivity index (χ1n) is 6.49. The molecule has 1 aromatic carbocycles. The van der Waals surface area contributed by atoms with Crippen molar-refractivity contribution in [1.82, 2.24) is 9.99 Å². The van der Waals surface area contributed by atoms with Crippen LogP contribution in [-0.4, -0.2) is 23.1 Å². The molecule has 1 fully saturated rings. The van der Waals surface area contributed by atoms with Crippen molar-refractivity contribution in [3.8, 4) is 0 Å². The Morgan fingerprint density at radius 1 is 1.11 bits per heavy atom. The van der Waals surface area contributed by atoms with Crippen LogP contribution in [0.1, 0.15) is 19.3 Å². The molecule has 0 amide bonds. The van der Waals surface area contributed by atoms with Gasteiger partial charge >= 0.3 is 0 Å². The average Bonchev–Trinajstić information content (AvgIpc) is 2.44. The lowest BCUT2D eigenvalue weighted by atomic mass is 10.1. The smallest absolute Gasteiger partial charge is 0.0952 e. The lowest BCUT2D eigenvalue weighted by Gasteiger charge is -2.28. The zero-order chi connectivity index (χ0) is 12.4. The van der Waals surface area contributed by atoms with E-state index in [4.69, 9.17) is 5.73 Å². The lowest BCUT2D eigenvalue weighted by Crippen LogP contribution is -2.34. The summed E-state index contributed by atoms with van der Waals surface area (Å²) in [6.45, 7) is 2.21. The molecule has 4 nitrogen and oxygen atoms in total. The molecule has 0 atom stereocenters. The van der Waals surface area contributed by atoms with Gasteiger partial charge in [0.05, 0.1) is 16.9 Å². The van der Waals surface area contributed by atoms with Crippen LogP contribution >= 0.6 is 0 Å². The molecular formula is C14H18N4. The Labute approximate surface area is 107 Å². The van der Waals surface area contributed by atoms with Crippen LogP contribution in [0.5, 0.6) is 0 Å². The Bertz CT molecular complexity index is 546. The molecule has 2 aromatic rings. The number of nitrogen functional groups attached to an aromatic ring is 1. The van der Waals surface area contributed by atoms with Gasteiger partial charge in [0.25, 0.3) is 0 Å². The minimum Gasteiger partial charge on any atom is -0.397 e. The fourth-order valence-electron chi connectivity index (χ4n) is 2.47. The standard InChI is InChI=1S/C14H18N4/c15-12-6-7-13(11-5-4-8-16-14(11)12)17-18-9-2-1-3-10-18/h4-8,17H,1-3,9-10,15H2. The molecule has 0 spiro atoms. The van der Waals surface area contributed by atoms with Crippen LogP contribution in [-0.2, 0) is 0 Å². The predicted octanol–water partition coefficient (Wildman–Crippen LogP) is 2.63. The van der Waals surface area contributed by atoms with Gasteiger partial charge in [0.2, 0.25) is 0 Å². The minimum absolute atomic E-state index is 0.731. The molecule has 3 N–H and O–H groups in total. The third kappa shape index (κ3) is 2.11. The molecule has 1 aromatic heterocycles. The number of benzene rings is 1. The summed E-state index contributed by atoms with van der Waals surface area (Å²) in [5.41, 5.74) is 12.1. The number of aromatic nitrogens is 1. The molecule has 0 aliphatic carbocycles. The normalized spacial score (nSPS) is 16.9. The summed E-state index contributed by atoms with van der Waals surface area (Å²) >= 11 is 0. The van der Waals surface area contributed by atoms with E-state index in [1.807, 2.05) is 18.2 Å². The molecule has 1 aliphatic heterocycles. The van der Waals surface area contributed by atoms with E-state index in [0.29, 0.717) is 0 Å². The Hall–Kier alpha value is -1.81. The fourth-order valence-corrected chi connectivity index (χ4v) is 2.47. The van der Waals surface area contributed by atoms with Crippen molar-refractivity contribution in [3.63, 3.8) is 0 Å². The number of pyridine rings is 1. The molecule has 0 radical (unpaired) electrons. The zero-order valence-electron chi connectivity index (χ0n) is 10.4. The van der Waals surface area contributed by atoms with E-state index < -0.39 is 0 Å². The van der Waals surface area contributed by atoms with Crippen molar-refractivity contribution in [2.24, 2.45) is 0 Å². The van der Waals surface area contributed by atoms with Gasteiger partial charge in [-0.2, -0.15) is 0 Å². The maximum absolute atomic E-state index is 5.95. The van der Waals surface area contributed by atoms with Gasteiger partial charge in [0, 0.05) is 24.7 Å². The molecule has 0 bridgehead atoms. The average molecular weight is 242 g/mol. The molecule has 1 saturated heterocycles. The third-order valence-electron chi connectivity index (χ3n) is 3.44. The van der Waals surface area contributed by atoms with E-state index in [2.05, 4.69) is 21.5 Å². The fraction of sp³-hybridized carbons (Fsp3) is 0.357. The second-order valence-corrected chi connectivity index (χ2v) is 4.76. The highest BCUT2D eigenvalue weighted by Gasteiger charge is 2.11. The van der Waals surface area contributed by atoms with Gasteiger partial charge in [-0.3, -0.25) is 4.98 Å². The molecule has 1 aliphatic rings. The van der Waals surface area contributed by atoms with E-state index in [1.165, 1.54) is 19.3 Å². The summed E-state index contributed by atoms with van der Waals surface area (Å²) in [4.78, 5) is 4.35. The summed E-state index contributed by atoms with van der Waals surface area (Å²) in [6.07, 6.45) is 5.64. The Kier molecular flexibility index (Phi) is 3.02. The van der Waals surface area contributed by atoms with Gasteiger partial charge in [-0.25, -0.2) is 5.01 Å². The Balaban J connectivity index is 1.94. The minimum atomic E-state index is 0.731. The van der Waals surface area contributed by atoms with Crippen LogP contribution in [0.25, 0.3) is 10.9 Å². The SMILES string of the molecule is Nc1ccc(NN2CCCCC2)c2cccnc12. The summed E-state index contributed by atoms with van der Waals surface area (Å²) in [5, 5.41) is 3.37. The van der Waals surface area contributed by atoms with Crippen molar-refractivity contribution in [2.45, 2.75) is 19.3 Å². The summed E-state index contributed by atoms with van der Waals surface area (Å²) < 4.78 is 0. The predicted molar refractivity (Wildman–Crippen MR) is 75.2 cm³/mol. The summed E-state index contributed by atoms with van der Waals surface area (Å²) in [5.74, 6) is 0. The van der Waals surface area contributed by atoms with E-state index in [0.717, 1.165) is 35.4 Å². The number of nitrogens with two attached hydrogens (primary N) is 1. The van der Waals surface area contributed by atoms with Gasteiger partial charge in [-0.05, 0) is 37.1 Å². The van der Waals surface area contributed by atoms with Gasteiger partial charge in [0.1, 0.15) is 0 Å². The highest BCUT2D eigenvalue weighted by molar-refractivity contribution is 5.98. The third-order valence-corrected chi connectivity index (χ3v) is 3.44. The van der Waals surface area contributed by atoms with Crippen molar-refractivity contribution in [3.05, 3.63) is 30.5 Å². The highest BCUT2D eigenvalue weighted by atomic mass is 15.5. The molecule has 2 heterocycles. The number of rotatable bonds is 2. The van der Waals surface area contributed by atoms with Gasteiger partial charge in [-0.15, -0.1) is 0 Å². The van der Waals surface area contributed by atoms with Crippen LogP contribution in [0.4, 0.5) is 11.4 Å². The van der Waals surface area contributed by atoms with Crippen LogP contribution in [0.2, 0.25) is 0 Å². The molecular weight excluding hydrogens is 224 g/mol. The number of hydrogen-bond acceptors (Lipinski definition) is 4. The lowest BCUT2D eigenvalue weighted by molar-refractivity contribution is 0.273. The number of nitrogens with one attached hydrogen (secondary N) is 1. The first-order chi connectivity index (χ1) is 8.84. The number of anilines is 2. The van der Waals surface area contributed by atoms with Crippen molar-refractivity contribution in [1.29, 1.82) is 0 Å². The van der Waals surface area contributed by atoms with Crippen molar-refractivity contribution < 1.29 is 0 Å². The van der Waals surface area contributed by atoms with E-state index in [9.17, 15) is 0 Å². The quantitative estimate of drug-likeness (QED) is 0.795. The molecule has 0 unspecified atom stereocenters. The number of hydrazine groups is 1. The van der Waals surface area contributed by atoms with Crippen LogP contribution in [0, 0.1) is 0 Å². The monoisotopic (exact) mass is 242 g/mol. The van der Waals surface area contributed by atoms with Crippen LogP contribution in [0.3, 0.4) is 0 Å². The number of fused-ring (bicyclic) bond motifs is 1. The largest absolute Gasteiger partial charge is 0.397 e. The van der Waals surface area contributed by atoms with Crippen molar-refractivity contribution in [2.75, 3.05) is 24.2 Å². The zero-order valence-corrected chi connectivity index (χ0v) is 10.4. The summed E-state index contributed by atoms with van der Waals surface area (Å²) in [7, 11) is 0.